The van der Waals surface area contributed by atoms with E-state index in [1.165, 1.54) is 18.9 Å². The van der Waals surface area contributed by atoms with E-state index in [0.717, 1.165) is 34.9 Å². The monoisotopic (exact) mass is 577 g/mol. The highest BCUT2D eigenvalue weighted by Crippen LogP contribution is 2.35. The zero-order valence-electron chi connectivity index (χ0n) is 19.8. The fraction of sp³-hybridized carbons (Fsp3) is 0.346. The van der Waals surface area contributed by atoms with E-state index < -0.39 is 0 Å². The quantitative estimate of drug-likeness (QED) is 0.126. The molecule has 1 saturated heterocycles. The summed E-state index contributed by atoms with van der Waals surface area (Å²) in [5.74, 6) is 0.960. The molecule has 35 heavy (non-hydrogen) atoms. The molecule has 0 radical (unpaired) electrons. The predicted octanol–water partition coefficient (Wildman–Crippen LogP) is 6.36. The number of nitrogens with zero attached hydrogens (tertiary/aromatic N) is 1. The number of unbranched alkanes of at least 4 members (excludes halogenated alkanes) is 2. The number of benzene rings is 2. The molecule has 0 bridgehead atoms. The number of hydrogen-bond acceptors (Lipinski definition) is 7. The maximum atomic E-state index is 12.9. The minimum Gasteiger partial charge on any atom is -0.490 e. The zero-order valence-corrected chi connectivity index (χ0v) is 23.0. The molecule has 0 N–H and O–H groups in total. The van der Waals surface area contributed by atoms with E-state index >= 15 is 0 Å². The van der Waals surface area contributed by atoms with Gasteiger partial charge in [0.1, 0.15) is 10.9 Å². The highest BCUT2D eigenvalue weighted by atomic mass is 79.9. The first-order valence-electron chi connectivity index (χ1n) is 11.4. The molecule has 1 heterocycles. The van der Waals surface area contributed by atoms with Gasteiger partial charge in [-0.1, -0.05) is 64.5 Å². The Kier molecular flexibility index (Phi) is 10.6. The molecular formula is C26H28BrNO5S2. The summed E-state index contributed by atoms with van der Waals surface area (Å²) >= 11 is 10.2. The molecule has 0 saturated carbocycles. The van der Waals surface area contributed by atoms with Gasteiger partial charge < -0.3 is 14.2 Å². The number of methoxy groups -OCH3 is 1. The second kappa shape index (κ2) is 13.7. The summed E-state index contributed by atoms with van der Waals surface area (Å²) in [5, 5.41) is 0. The Morgan fingerprint density at radius 1 is 1.09 bits per heavy atom. The van der Waals surface area contributed by atoms with Crippen molar-refractivity contribution in [3.8, 4) is 11.5 Å². The van der Waals surface area contributed by atoms with E-state index in [4.69, 9.17) is 21.7 Å². The average molecular weight is 579 g/mol. The molecule has 0 atom stereocenters. The Balaban J connectivity index is 1.62. The Bertz CT molecular complexity index is 1090. The summed E-state index contributed by atoms with van der Waals surface area (Å²) in [6.07, 6.45) is 4.55. The number of thiocarbonyl (C=S) groups is 1. The van der Waals surface area contributed by atoms with Crippen molar-refractivity contribution in [1.82, 2.24) is 4.90 Å². The molecule has 3 rings (SSSR count). The van der Waals surface area contributed by atoms with Crippen molar-refractivity contribution in [2.45, 2.75) is 39.2 Å². The van der Waals surface area contributed by atoms with E-state index in [9.17, 15) is 9.59 Å². The number of ether oxygens (including phenoxy) is 3. The molecule has 0 aliphatic carbocycles. The molecule has 1 fully saturated rings. The van der Waals surface area contributed by atoms with E-state index in [0.29, 0.717) is 46.9 Å². The maximum absolute atomic E-state index is 12.9. The van der Waals surface area contributed by atoms with Gasteiger partial charge in [0.2, 0.25) is 0 Å². The minimum absolute atomic E-state index is 0.0958. The number of carbonyl (C=O) groups excluding carboxylic acids is 2. The second-order valence-electron chi connectivity index (χ2n) is 7.77. The third kappa shape index (κ3) is 8.08. The van der Waals surface area contributed by atoms with Crippen LogP contribution in [0.2, 0.25) is 0 Å². The number of thioether (sulfide) groups is 1. The van der Waals surface area contributed by atoms with Crippen LogP contribution in [0, 0.1) is 0 Å². The van der Waals surface area contributed by atoms with Crippen LogP contribution in [-0.4, -0.2) is 41.4 Å². The minimum atomic E-state index is -0.213. The van der Waals surface area contributed by atoms with Crippen molar-refractivity contribution in [2.75, 3.05) is 20.3 Å². The van der Waals surface area contributed by atoms with Crippen LogP contribution >= 0.6 is 39.9 Å². The standard InChI is InChI=1S/C26H28BrNO5S2/c1-3-32-22-15-19(10-13-21(22)33-17-18-8-11-20(27)12-9-18)16-23-25(30)28(26(34)35-23)14-6-4-5-7-24(29)31-2/h8-13,15-16H,3-7,14,17H2,1-2H3/b23-16+. The highest BCUT2D eigenvalue weighted by Gasteiger charge is 2.31. The van der Waals surface area contributed by atoms with Crippen LogP contribution in [0.15, 0.2) is 51.8 Å². The molecule has 1 amide bonds. The lowest BCUT2D eigenvalue weighted by molar-refractivity contribution is -0.140. The Morgan fingerprint density at radius 3 is 2.57 bits per heavy atom. The number of carbonyl (C=O) groups is 2. The van der Waals surface area contributed by atoms with E-state index in [-0.39, 0.29) is 11.9 Å². The molecule has 2 aromatic carbocycles. The Hall–Kier alpha value is -2.36. The van der Waals surface area contributed by atoms with Gasteiger partial charge in [-0.2, -0.15) is 0 Å². The van der Waals surface area contributed by atoms with Gasteiger partial charge in [0.25, 0.3) is 5.91 Å². The molecule has 1 aliphatic rings. The zero-order chi connectivity index (χ0) is 25.2. The van der Waals surface area contributed by atoms with Gasteiger partial charge in [0.15, 0.2) is 11.5 Å². The largest absolute Gasteiger partial charge is 0.490 e. The summed E-state index contributed by atoms with van der Waals surface area (Å²) in [6.45, 7) is 3.37. The molecule has 186 valence electrons. The first-order valence-corrected chi connectivity index (χ1v) is 13.4. The summed E-state index contributed by atoms with van der Waals surface area (Å²) in [6, 6.07) is 13.6. The molecule has 0 spiro atoms. The first kappa shape index (κ1) is 27.2. The van der Waals surface area contributed by atoms with Gasteiger partial charge >= 0.3 is 5.97 Å². The summed E-state index contributed by atoms with van der Waals surface area (Å²) in [5.41, 5.74) is 1.89. The van der Waals surface area contributed by atoms with Gasteiger partial charge in [-0.15, -0.1) is 0 Å². The number of esters is 1. The molecule has 0 unspecified atom stereocenters. The Morgan fingerprint density at radius 2 is 1.86 bits per heavy atom. The molecule has 2 aromatic rings. The fourth-order valence-corrected chi connectivity index (χ4v) is 4.98. The van der Waals surface area contributed by atoms with Crippen molar-refractivity contribution < 1.29 is 23.8 Å². The fourth-order valence-electron chi connectivity index (χ4n) is 3.41. The van der Waals surface area contributed by atoms with Crippen molar-refractivity contribution >= 4 is 62.2 Å². The van der Waals surface area contributed by atoms with Crippen molar-refractivity contribution in [3.05, 3.63) is 63.0 Å². The van der Waals surface area contributed by atoms with Gasteiger partial charge in [-0.25, -0.2) is 0 Å². The second-order valence-corrected chi connectivity index (χ2v) is 10.4. The van der Waals surface area contributed by atoms with Crippen LogP contribution in [-0.2, 0) is 20.9 Å². The number of rotatable bonds is 12. The maximum Gasteiger partial charge on any atom is 0.305 e. The van der Waals surface area contributed by atoms with Crippen molar-refractivity contribution in [3.63, 3.8) is 0 Å². The summed E-state index contributed by atoms with van der Waals surface area (Å²) in [4.78, 5) is 26.3. The summed E-state index contributed by atoms with van der Waals surface area (Å²) in [7, 11) is 1.39. The normalized spacial score (nSPS) is 14.5. The lowest BCUT2D eigenvalue weighted by Crippen LogP contribution is -2.29. The van der Waals surface area contributed by atoms with E-state index in [1.807, 2.05) is 55.5 Å². The van der Waals surface area contributed by atoms with Crippen molar-refractivity contribution in [2.24, 2.45) is 0 Å². The Labute approximate surface area is 224 Å². The van der Waals surface area contributed by atoms with Crippen LogP contribution < -0.4 is 9.47 Å². The van der Waals surface area contributed by atoms with E-state index in [2.05, 4.69) is 20.7 Å². The SMILES string of the molecule is CCOc1cc(/C=C2/SC(=S)N(CCCCCC(=O)OC)C2=O)ccc1OCc1ccc(Br)cc1. The van der Waals surface area contributed by atoms with Gasteiger partial charge in [-0.05, 0) is 61.2 Å². The van der Waals surface area contributed by atoms with Gasteiger partial charge in [0.05, 0.1) is 18.6 Å². The van der Waals surface area contributed by atoms with Crippen LogP contribution in [0.3, 0.4) is 0 Å². The van der Waals surface area contributed by atoms with Gasteiger partial charge in [-0.3, -0.25) is 14.5 Å². The molecule has 0 aromatic heterocycles. The van der Waals surface area contributed by atoms with Gasteiger partial charge in [0, 0.05) is 17.4 Å². The first-order chi connectivity index (χ1) is 16.9. The lowest BCUT2D eigenvalue weighted by Gasteiger charge is -2.14. The van der Waals surface area contributed by atoms with E-state index in [1.54, 1.807) is 4.90 Å². The molecule has 9 heteroatoms. The number of amides is 1. The lowest BCUT2D eigenvalue weighted by atomic mass is 10.1. The highest BCUT2D eigenvalue weighted by molar-refractivity contribution is 9.10. The third-order valence-corrected chi connectivity index (χ3v) is 7.14. The van der Waals surface area contributed by atoms with Crippen LogP contribution in [0.4, 0.5) is 0 Å². The van der Waals surface area contributed by atoms with Crippen molar-refractivity contribution in [1.29, 1.82) is 0 Å². The third-order valence-electron chi connectivity index (χ3n) is 5.24. The van der Waals surface area contributed by atoms with Crippen LogP contribution in [0.5, 0.6) is 11.5 Å². The molecule has 1 aliphatic heterocycles. The topological polar surface area (TPSA) is 65.1 Å². The smallest absolute Gasteiger partial charge is 0.305 e. The van der Waals surface area contributed by atoms with Crippen LogP contribution in [0.1, 0.15) is 43.7 Å². The number of hydrogen-bond donors (Lipinski definition) is 0. The average Bonchev–Trinajstić information content (AvgIpc) is 3.11. The molecule has 6 nitrogen and oxygen atoms in total. The van der Waals surface area contributed by atoms with Crippen LogP contribution in [0.25, 0.3) is 6.08 Å². The summed E-state index contributed by atoms with van der Waals surface area (Å²) < 4.78 is 18.0. The number of halogens is 1. The predicted molar refractivity (Wildman–Crippen MR) is 146 cm³/mol. The molecular weight excluding hydrogens is 550 g/mol.